The molecule has 8 heteroatoms. The Hall–Kier alpha value is -3.39. The SMILES string of the molecule is COc1ccc(C2(CCc3nc(-c4ccc(CN5CC(OC(=O)O)C5)cc4)no3)CCCCC2)cc1. The number of methoxy groups -OCH3 is 1. The van der Waals surface area contributed by atoms with Crippen LogP contribution in [-0.2, 0) is 23.1 Å². The van der Waals surface area contributed by atoms with Gasteiger partial charge in [-0.2, -0.15) is 4.98 Å². The quantitative estimate of drug-likeness (QED) is 0.394. The van der Waals surface area contributed by atoms with Crippen molar-refractivity contribution in [3.63, 3.8) is 0 Å². The van der Waals surface area contributed by atoms with Gasteiger partial charge in [-0.1, -0.05) is 60.8 Å². The fraction of sp³-hybridized carbons (Fsp3) is 0.464. The summed E-state index contributed by atoms with van der Waals surface area (Å²) in [6.45, 7) is 2.01. The Bertz CT molecular complexity index is 1150. The molecule has 0 atom stereocenters. The molecule has 2 aliphatic rings. The van der Waals surface area contributed by atoms with Crippen LogP contribution < -0.4 is 4.74 Å². The number of hydrogen-bond acceptors (Lipinski definition) is 7. The highest BCUT2D eigenvalue weighted by atomic mass is 16.7. The Morgan fingerprint density at radius 1 is 1.08 bits per heavy atom. The number of likely N-dealkylation sites (tertiary alicyclic amines) is 1. The Labute approximate surface area is 211 Å². The van der Waals surface area contributed by atoms with Gasteiger partial charge in [-0.25, -0.2) is 4.79 Å². The number of hydrogen-bond donors (Lipinski definition) is 1. The summed E-state index contributed by atoms with van der Waals surface area (Å²) in [5.41, 5.74) is 3.59. The second-order valence-electron chi connectivity index (χ2n) is 9.98. The third-order valence-electron chi connectivity index (χ3n) is 7.61. The van der Waals surface area contributed by atoms with E-state index in [1.165, 1.54) is 37.7 Å². The first kappa shape index (κ1) is 24.3. The van der Waals surface area contributed by atoms with Crippen LogP contribution in [0, 0.1) is 0 Å². The maximum absolute atomic E-state index is 10.6. The molecule has 0 amide bonds. The number of aryl methyl sites for hydroxylation is 1. The molecule has 0 bridgehead atoms. The zero-order valence-electron chi connectivity index (χ0n) is 20.7. The molecule has 2 aromatic carbocycles. The summed E-state index contributed by atoms with van der Waals surface area (Å²) in [7, 11) is 1.70. The highest BCUT2D eigenvalue weighted by Crippen LogP contribution is 2.43. The van der Waals surface area contributed by atoms with E-state index in [4.69, 9.17) is 24.1 Å². The molecule has 8 nitrogen and oxygen atoms in total. The maximum atomic E-state index is 10.6. The normalized spacial score (nSPS) is 17.9. The van der Waals surface area contributed by atoms with E-state index in [1.807, 2.05) is 12.1 Å². The number of rotatable bonds is 9. The minimum absolute atomic E-state index is 0.145. The van der Waals surface area contributed by atoms with Gasteiger partial charge in [-0.15, -0.1) is 0 Å². The molecule has 1 saturated carbocycles. The Morgan fingerprint density at radius 2 is 1.81 bits per heavy atom. The van der Waals surface area contributed by atoms with Gasteiger partial charge in [-0.3, -0.25) is 4.90 Å². The van der Waals surface area contributed by atoms with E-state index in [2.05, 4.69) is 46.5 Å². The monoisotopic (exact) mass is 491 g/mol. The lowest BCUT2D eigenvalue weighted by Crippen LogP contribution is -2.52. The number of aromatic nitrogens is 2. The average Bonchev–Trinajstić information content (AvgIpc) is 3.36. The first-order valence-corrected chi connectivity index (χ1v) is 12.7. The topological polar surface area (TPSA) is 97.9 Å². The van der Waals surface area contributed by atoms with Crippen molar-refractivity contribution in [1.29, 1.82) is 0 Å². The standard InChI is InChI=1S/C28H33N3O5/c1-34-23-11-9-22(10-12-23)28(14-3-2-4-15-28)16-13-25-29-26(30-36-25)21-7-5-20(6-8-21)17-31-18-24(19-31)35-27(32)33/h5-12,24H,2-4,13-19H2,1H3,(H,32,33). The van der Waals surface area contributed by atoms with E-state index in [0.717, 1.165) is 36.3 Å². The molecule has 36 heavy (non-hydrogen) atoms. The van der Waals surface area contributed by atoms with E-state index in [0.29, 0.717) is 24.8 Å². The molecule has 2 fully saturated rings. The van der Waals surface area contributed by atoms with Crippen molar-refractivity contribution in [2.24, 2.45) is 0 Å². The van der Waals surface area contributed by atoms with Crippen molar-refractivity contribution in [3.8, 4) is 17.1 Å². The Morgan fingerprint density at radius 3 is 2.47 bits per heavy atom. The molecule has 3 aromatic rings. The van der Waals surface area contributed by atoms with Crippen molar-refractivity contribution in [2.45, 2.75) is 63.0 Å². The molecule has 0 spiro atoms. The van der Waals surface area contributed by atoms with Crippen molar-refractivity contribution in [3.05, 3.63) is 65.5 Å². The molecular weight excluding hydrogens is 458 g/mol. The molecule has 1 aliphatic carbocycles. The molecule has 2 heterocycles. The maximum Gasteiger partial charge on any atom is 0.506 e. The van der Waals surface area contributed by atoms with Crippen molar-refractivity contribution >= 4 is 6.16 Å². The smallest absolute Gasteiger partial charge is 0.497 e. The summed E-state index contributed by atoms with van der Waals surface area (Å²) in [4.78, 5) is 17.4. The highest BCUT2D eigenvalue weighted by Gasteiger charge is 2.34. The molecule has 1 saturated heterocycles. The number of ether oxygens (including phenoxy) is 2. The van der Waals surface area contributed by atoms with Gasteiger partial charge in [0.25, 0.3) is 0 Å². The average molecular weight is 492 g/mol. The van der Waals surface area contributed by atoms with Crippen LogP contribution in [0.3, 0.4) is 0 Å². The number of carboxylic acid groups (broad SMARTS) is 1. The summed E-state index contributed by atoms with van der Waals surface area (Å²) >= 11 is 0. The van der Waals surface area contributed by atoms with Crippen LogP contribution in [-0.4, -0.2) is 52.6 Å². The fourth-order valence-electron chi connectivity index (χ4n) is 5.56. The van der Waals surface area contributed by atoms with Gasteiger partial charge in [0.2, 0.25) is 11.7 Å². The minimum atomic E-state index is -1.21. The van der Waals surface area contributed by atoms with Crippen LogP contribution in [0.15, 0.2) is 53.1 Å². The zero-order chi connectivity index (χ0) is 25.0. The van der Waals surface area contributed by atoms with Crippen molar-refractivity contribution < 1.29 is 23.9 Å². The van der Waals surface area contributed by atoms with E-state index in [9.17, 15) is 4.79 Å². The number of carbonyl (C=O) groups is 1. The lowest BCUT2D eigenvalue weighted by Gasteiger charge is -2.38. The molecule has 0 radical (unpaired) electrons. The predicted octanol–water partition coefficient (Wildman–Crippen LogP) is 5.46. The van der Waals surface area contributed by atoms with E-state index >= 15 is 0 Å². The summed E-state index contributed by atoms with van der Waals surface area (Å²) in [5.74, 6) is 2.17. The number of benzene rings is 2. The van der Waals surface area contributed by atoms with Gasteiger partial charge in [0.15, 0.2) is 0 Å². The molecule has 190 valence electrons. The first-order chi connectivity index (χ1) is 17.5. The number of nitrogens with zero attached hydrogens (tertiary/aromatic N) is 3. The van der Waals surface area contributed by atoms with Gasteiger partial charge in [-0.05, 0) is 47.9 Å². The lowest BCUT2D eigenvalue weighted by molar-refractivity contribution is -0.0363. The van der Waals surface area contributed by atoms with Gasteiger partial charge in [0.1, 0.15) is 11.9 Å². The predicted molar refractivity (Wildman–Crippen MR) is 134 cm³/mol. The van der Waals surface area contributed by atoms with E-state index < -0.39 is 6.16 Å². The van der Waals surface area contributed by atoms with Crippen LogP contribution in [0.5, 0.6) is 5.75 Å². The van der Waals surface area contributed by atoms with Crippen molar-refractivity contribution in [1.82, 2.24) is 15.0 Å². The largest absolute Gasteiger partial charge is 0.506 e. The molecule has 5 rings (SSSR count). The fourth-order valence-corrected chi connectivity index (χ4v) is 5.56. The Kier molecular flexibility index (Phi) is 7.23. The van der Waals surface area contributed by atoms with Crippen LogP contribution in [0.25, 0.3) is 11.4 Å². The van der Waals surface area contributed by atoms with E-state index in [-0.39, 0.29) is 11.5 Å². The summed E-state index contributed by atoms with van der Waals surface area (Å²) in [5, 5.41) is 12.9. The first-order valence-electron chi connectivity index (χ1n) is 12.7. The molecule has 0 unspecified atom stereocenters. The van der Waals surface area contributed by atoms with Gasteiger partial charge < -0.3 is 19.1 Å². The third-order valence-corrected chi connectivity index (χ3v) is 7.61. The van der Waals surface area contributed by atoms with Gasteiger partial charge >= 0.3 is 6.16 Å². The molecule has 1 aliphatic heterocycles. The third kappa shape index (κ3) is 5.54. The zero-order valence-corrected chi connectivity index (χ0v) is 20.7. The lowest BCUT2D eigenvalue weighted by atomic mass is 9.67. The van der Waals surface area contributed by atoms with Gasteiger partial charge in [0, 0.05) is 31.6 Å². The molecular formula is C28H33N3O5. The van der Waals surface area contributed by atoms with Crippen molar-refractivity contribution in [2.75, 3.05) is 20.2 Å². The molecule has 1 N–H and O–H groups in total. The van der Waals surface area contributed by atoms with E-state index in [1.54, 1.807) is 7.11 Å². The molecule has 1 aromatic heterocycles. The van der Waals surface area contributed by atoms with Gasteiger partial charge in [0.05, 0.1) is 7.11 Å². The highest BCUT2D eigenvalue weighted by molar-refractivity contribution is 5.57. The summed E-state index contributed by atoms with van der Waals surface area (Å²) < 4.78 is 15.8. The summed E-state index contributed by atoms with van der Waals surface area (Å²) in [6.07, 6.45) is 6.47. The second kappa shape index (κ2) is 10.7. The Balaban J connectivity index is 1.19. The second-order valence-corrected chi connectivity index (χ2v) is 9.98. The van der Waals surface area contributed by atoms with Crippen LogP contribution in [0.2, 0.25) is 0 Å². The minimum Gasteiger partial charge on any atom is -0.497 e. The van der Waals surface area contributed by atoms with Crippen LogP contribution >= 0.6 is 0 Å². The van der Waals surface area contributed by atoms with Crippen LogP contribution in [0.4, 0.5) is 4.79 Å². The summed E-state index contributed by atoms with van der Waals surface area (Å²) in [6, 6.07) is 16.7. The van der Waals surface area contributed by atoms with Crippen LogP contribution in [0.1, 0.15) is 55.5 Å².